The van der Waals surface area contributed by atoms with Crippen LogP contribution in [0.2, 0.25) is 0 Å². The largest absolute Gasteiger partial charge is 0.451 e. The van der Waals surface area contributed by atoms with Crippen molar-refractivity contribution in [3.63, 3.8) is 0 Å². The molecular formula is C24H23N3O3S. The Kier molecular flexibility index (Phi) is 7.16. The number of esters is 1. The average Bonchev–Trinajstić information content (AvgIpc) is 3.22. The minimum absolute atomic E-state index is 0.170. The number of nitrogens with zero attached hydrogens (tertiary/aromatic N) is 3. The highest BCUT2D eigenvalue weighted by atomic mass is 32.1. The molecule has 6 nitrogen and oxygen atoms in total. The van der Waals surface area contributed by atoms with Gasteiger partial charge in [0.25, 0.3) is 5.91 Å². The van der Waals surface area contributed by atoms with E-state index in [2.05, 4.69) is 11.1 Å². The highest BCUT2D eigenvalue weighted by Crippen LogP contribution is 2.24. The van der Waals surface area contributed by atoms with E-state index in [1.165, 1.54) is 16.2 Å². The summed E-state index contributed by atoms with van der Waals surface area (Å²) in [4.78, 5) is 31.0. The van der Waals surface area contributed by atoms with Crippen LogP contribution in [0.25, 0.3) is 10.6 Å². The number of thiazole rings is 1. The minimum atomic E-state index is -0.649. The molecule has 2 aromatic carbocycles. The molecule has 3 aromatic rings. The van der Waals surface area contributed by atoms with Gasteiger partial charge < -0.3 is 9.64 Å². The molecule has 0 atom stereocenters. The summed E-state index contributed by atoms with van der Waals surface area (Å²) in [7, 11) is 0. The number of aryl methyl sites for hydroxylation is 3. The lowest BCUT2D eigenvalue weighted by Crippen LogP contribution is -2.35. The summed E-state index contributed by atoms with van der Waals surface area (Å²) in [6.45, 7) is 5.69. The van der Waals surface area contributed by atoms with Gasteiger partial charge in [0, 0.05) is 23.2 Å². The molecule has 0 saturated heterocycles. The third-order valence-corrected chi connectivity index (χ3v) is 5.50. The Balaban J connectivity index is 1.68. The van der Waals surface area contributed by atoms with Gasteiger partial charge in [-0.05, 0) is 44.0 Å². The van der Waals surface area contributed by atoms with Crippen molar-refractivity contribution < 1.29 is 14.3 Å². The first-order chi connectivity index (χ1) is 14.9. The maximum absolute atomic E-state index is 12.8. The average molecular weight is 434 g/mol. The van der Waals surface area contributed by atoms with Crippen molar-refractivity contribution in [1.82, 2.24) is 4.98 Å². The summed E-state index contributed by atoms with van der Waals surface area (Å²) >= 11 is 1.35. The number of hydrogen-bond donors (Lipinski definition) is 0. The van der Waals surface area contributed by atoms with Crippen molar-refractivity contribution in [1.29, 1.82) is 5.26 Å². The van der Waals surface area contributed by atoms with Crippen molar-refractivity contribution in [2.24, 2.45) is 0 Å². The van der Waals surface area contributed by atoms with Gasteiger partial charge in [0.15, 0.2) is 12.3 Å². The van der Waals surface area contributed by atoms with Crippen LogP contribution in [0.15, 0.2) is 47.8 Å². The van der Waals surface area contributed by atoms with E-state index in [9.17, 15) is 9.59 Å². The van der Waals surface area contributed by atoms with Crippen LogP contribution in [0.5, 0.6) is 0 Å². The molecule has 31 heavy (non-hydrogen) atoms. The summed E-state index contributed by atoms with van der Waals surface area (Å²) in [6, 6.07) is 15.7. The Morgan fingerprint density at radius 1 is 1.06 bits per heavy atom. The maximum atomic E-state index is 12.8. The van der Waals surface area contributed by atoms with Crippen LogP contribution >= 0.6 is 11.3 Å². The molecule has 0 spiro atoms. The number of nitriles is 1. The Morgan fingerprint density at radius 3 is 2.39 bits per heavy atom. The third-order valence-electron chi connectivity index (χ3n) is 4.60. The third kappa shape index (κ3) is 5.77. The van der Waals surface area contributed by atoms with Gasteiger partial charge in [0.05, 0.1) is 12.5 Å². The van der Waals surface area contributed by atoms with Crippen LogP contribution in [0, 0.1) is 32.1 Å². The van der Waals surface area contributed by atoms with E-state index >= 15 is 0 Å². The lowest BCUT2D eigenvalue weighted by molar-refractivity contribution is -0.121. The fourth-order valence-corrected chi connectivity index (χ4v) is 3.94. The molecule has 0 fully saturated rings. The molecule has 0 radical (unpaired) electrons. The van der Waals surface area contributed by atoms with Gasteiger partial charge in [0.1, 0.15) is 5.01 Å². The fraction of sp³-hybridized carbons (Fsp3) is 0.250. The summed E-state index contributed by atoms with van der Waals surface area (Å²) in [5.74, 6) is -1.04. The van der Waals surface area contributed by atoms with Gasteiger partial charge in [-0.2, -0.15) is 5.26 Å². The standard InChI is InChI=1S/C24H23N3O3S/c1-16-5-7-19(8-6-16)23-26-21(15-31-23)24(29)30-14-22(28)27(10-4-9-25)20-12-17(2)11-18(3)13-20/h5-8,11-13,15H,4,10,14H2,1-3H3. The molecule has 0 saturated carbocycles. The number of anilines is 1. The van der Waals surface area contributed by atoms with Crippen molar-refractivity contribution >= 4 is 28.9 Å². The van der Waals surface area contributed by atoms with Crippen LogP contribution in [0.3, 0.4) is 0 Å². The number of hydrogen-bond acceptors (Lipinski definition) is 6. The molecule has 3 rings (SSSR count). The van der Waals surface area contributed by atoms with Crippen LogP contribution in [-0.2, 0) is 9.53 Å². The van der Waals surface area contributed by atoms with Gasteiger partial charge >= 0.3 is 5.97 Å². The number of amides is 1. The quantitative estimate of drug-likeness (QED) is 0.498. The number of aromatic nitrogens is 1. The van der Waals surface area contributed by atoms with Crippen molar-refractivity contribution in [3.8, 4) is 16.6 Å². The molecule has 0 unspecified atom stereocenters. The molecule has 0 N–H and O–H groups in total. The van der Waals surface area contributed by atoms with E-state index in [0.29, 0.717) is 10.7 Å². The normalized spacial score (nSPS) is 10.4. The summed E-state index contributed by atoms with van der Waals surface area (Å²) in [5, 5.41) is 11.3. The lowest BCUT2D eigenvalue weighted by atomic mass is 10.1. The Hall–Kier alpha value is -3.50. The van der Waals surface area contributed by atoms with E-state index in [1.54, 1.807) is 5.38 Å². The predicted octanol–water partition coefficient (Wildman–Crippen LogP) is 4.84. The molecule has 0 aliphatic carbocycles. The predicted molar refractivity (Wildman–Crippen MR) is 121 cm³/mol. The summed E-state index contributed by atoms with van der Waals surface area (Å²) < 4.78 is 5.23. The topological polar surface area (TPSA) is 83.3 Å². The maximum Gasteiger partial charge on any atom is 0.358 e. The van der Waals surface area contributed by atoms with Gasteiger partial charge in [-0.1, -0.05) is 35.9 Å². The molecule has 1 amide bonds. The van der Waals surface area contributed by atoms with Crippen LogP contribution < -0.4 is 4.90 Å². The fourth-order valence-electron chi connectivity index (χ4n) is 3.14. The molecule has 0 aliphatic heterocycles. The second-order valence-corrected chi connectivity index (χ2v) is 8.14. The first kappa shape index (κ1) is 22.2. The zero-order valence-electron chi connectivity index (χ0n) is 17.7. The Morgan fingerprint density at radius 2 is 1.74 bits per heavy atom. The molecule has 1 aromatic heterocycles. The van der Waals surface area contributed by atoms with Crippen LogP contribution in [0.1, 0.15) is 33.6 Å². The molecule has 158 valence electrons. The number of carbonyl (C=O) groups excluding carboxylic acids is 2. The number of rotatable bonds is 7. The van der Waals surface area contributed by atoms with E-state index in [4.69, 9.17) is 10.00 Å². The van der Waals surface area contributed by atoms with Crippen molar-refractivity contribution in [2.45, 2.75) is 27.2 Å². The van der Waals surface area contributed by atoms with Gasteiger partial charge in [-0.25, -0.2) is 9.78 Å². The first-order valence-corrected chi connectivity index (χ1v) is 10.7. The number of benzene rings is 2. The van der Waals surface area contributed by atoms with Crippen LogP contribution in [0.4, 0.5) is 5.69 Å². The molecule has 1 heterocycles. The van der Waals surface area contributed by atoms with E-state index in [0.717, 1.165) is 22.3 Å². The summed E-state index contributed by atoms with van der Waals surface area (Å²) in [5.41, 5.74) is 4.93. The van der Waals surface area contributed by atoms with Gasteiger partial charge in [-0.3, -0.25) is 4.79 Å². The second kappa shape index (κ2) is 10.0. The molecule has 0 aliphatic rings. The van der Waals surface area contributed by atoms with Gasteiger partial charge in [-0.15, -0.1) is 11.3 Å². The highest BCUT2D eigenvalue weighted by Gasteiger charge is 2.20. The van der Waals surface area contributed by atoms with E-state index in [-0.39, 0.29) is 24.6 Å². The summed E-state index contributed by atoms with van der Waals surface area (Å²) in [6.07, 6.45) is 0.179. The molecule has 7 heteroatoms. The van der Waals surface area contributed by atoms with E-state index in [1.807, 2.05) is 63.2 Å². The second-order valence-electron chi connectivity index (χ2n) is 7.28. The molecular weight excluding hydrogens is 410 g/mol. The number of ether oxygens (including phenoxy) is 1. The number of carbonyl (C=O) groups is 2. The van der Waals surface area contributed by atoms with E-state index < -0.39 is 12.6 Å². The highest BCUT2D eigenvalue weighted by molar-refractivity contribution is 7.13. The first-order valence-electron chi connectivity index (χ1n) is 9.82. The monoisotopic (exact) mass is 433 g/mol. The zero-order valence-corrected chi connectivity index (χ0v) is 18.5. The Labute approximate surface area is 185 Å². The molecule has 0 bridgehead atoms. The van der Waals surface area contributed by atoms with Crippen LogP contribution in [-0.4, -0.2) is 30.0 Å². The lowest BCUT2D eigenvalue weighted by Gasteiger charge is -2.22. The SMILES string of the molecule is Cc1ccc(-c2nc(C(=O)OCC(=O)N(CCC#N)c3cc(C)cc(C)c3)cs2)cc1. The Bertz CT molecular complexity index is 1110. The smallest absolute Gasteiger partial charge is 0.358 e. The minimum Gasteiger partial charge on any atom is -0.451 e. The zero-order chi connectivity index (χ0) is 22.4. The van der Waals surface area contributed by atoms with Crippen molar-refractivity contribution in [2.75, 3.05) is 18.1 Å². The van der Waals surface area contributed by atoms with Gasteiger partial charge in [0.2, 0.25) is 0 Å². The van der Waals surface area contributed by atoms with Crippen molar-refractivity contribution in [3.05, 3.63) is 70.2 Å².